The van der Waals surface area contributed by atoms with E-state index in [0.29, 0.717) is 5.56 Å². The van der Waals surface area contributed by atoms with Crippen LogP contribution in [-0.4, -0.2) is 0 Å². The van der Waals surface area contributed by atoms with Crippen LogP contribution in [0.15, 0.2) is 55.1 Å². The lowest BCUT2D eigenvalue weighted by atomic mass is 9.93. The van der Waals surface area contributed by atoms with E-state index in [0.717, 1.165) is 22.3 Å². The molecule has 0 unspecified atom stereocenters. The molecule has 0 saturated heterocycles. The van der Waals surface area contributed by atoms with Gasteiger partial charge < -0.3 is 0 Å². The van der Waals surface area contributed by atoms with Crippen molar-refractivity contribution in [2.45, 2.75) is 26.4 Å². The summed E-state index contributed by atoms with van der Waals surface area (Å²) in [5.74, 6) is 0. The van der Waals surface area contributed by atoms with Gasteiger partial charge in [0.25, 0.3) is 0 Å². The highest BCUT2D eigenvalue weighted by Crippen LogP contribution is 2.31. The molecule has 1 heteroatoms. The van der Waals surface area contributed by atoms with Crippen LogP contribution in [0.25, 0.3) is 16.7 Å². The molecule has 0 spiro atoms. The molecule has 0 saturated carbocycles. The molecule has 0 bridgehead atoms. The summed E-state index contributed by atoms with van der Waals surface area (Å²) in [5, 5.41) is 0. The molecular formula is C18H19F. The number of hydrogen-bond donors (Lipinski definition) is 0. The van der Waals surface area contributed by atoms with Crippen molar-refractivity contribution in [3.63, 3.8) is 0 Å². The summed E-state index contributed by atoms with van der Waals surface area (Å²) in [7, 11) is 0. The van der Waals surface area contributed by atoms with Crippen LogP contribution in [0.4, 0.5) is 4.39 Å². The fraction of sp³-hybridized carbons (Fsp3) is 0.222. The minimum Gasteiger partial charge on any atom is -0.239 e. The fourth-order valence-electron chi connectivity index (χ4n) is 2.15. The van der Waals surface area contributed by atoms with Gasteiger partial charge in [0, 0.05) is 0 Å². The topological polar surface area (TPSA) is 0 Å². The first kappa shape index (κ1) is 13.5. The lowest BCUT2D eigenvalue weighted by Gasteiger charge is -2.16. The van der Waals surface area contributed by atoms with Gasteiger partial charge in [-0.2, -0.15) is 0 Å². The molecule has 0 heterocycles. The molecule has 0 aliphatic heterocycles. The van der Waals surface area contributed by atoms with E-state index < -0.39 is 5.67 Å². The normalized spacial score (nSPS) is 11.4. The molecule has 0 aliphatic carbocycles. The summed E-state index contributed by atoms with van der Waals surface area (Å²) in [4.78, 5) is 0. The predicted octanol–water partition coefficient (Wildman–Crippen LogP) is 5.59. The third-order valence-electron chi connectivity index (χ3n) is 3.27. The molecule has 0 amide bonds. The minimum absolute atomic E-state index is 0.698. The predicted molar refractivity (Wildman–Crippen MR) is 80.7 cm³/mol. The Hall–Kier alpha value is -1.89. The summed E-state index contributed by atoms with van der Waals surface area (Å²) >= 11 is 0. The van der Waals surface area contributed by atoms with E-state index in [1.807, 2.05) is 43.3 Å². The quantitative estimate of drug-likeness (QED) is 0.669. The lowest BCUT2D eigenvalue weighted by molar-refractivity contribution is 0.221. The fourth-order valence-corrected chi connectivity index (χ4v) is 2.15. The highest BCUT2D eigenvalue weighted by molar-refractivity contribution is 5.79. The Labute approximate surface area is 114 Å². The zero-order chi connectivity index (χ0) is 14.0. The molecule has 0 N–H and O–H groups in total. The third kappa shape index (κ3) is 2.93. The zero-order valence-corrected chi connectivity index (χ0v) is 11.7. The molecule has 0 fully saturated rings. The average Bonchev–Trinajstić information content (AvgIpc) is 2.38. The molecule has 0 aromatic heterocycles. The van der Waals surface area contributed by atoms with Crippen LogP contribution in [-0.2, 0) is 5.67 Å². The van der Waals surface area contributed by atoms with Crippen molar-refractivity contribution in [2.75, 3.05) is 0 Å². The Balaban J connectivity index is 2.46. The molecule has 19 heavy (non-hydrogen) atoms. The second-order valence-corrected chi connectivity index (χ2v) is 5.38. The standard InChI is InChI=1S/C18H19F/c1-13(2)16-7-5-6-8-17(16)14-9-11-15(12-10-14)18(3,4)19/h5-12H,1H2,2-4H3. The van der Waals surface area contributed by atoms with Crippen molar-refractivity contribution >= 4 is 5.57 Å². The monoisotopic (exact) mass is 254 g/mol. The minimum atomic E-state index is -1.30. The van der Waals surface area contributed by atoms with E-state index in [9.17, 15) is 4.39 Å². The summed E-state index contributed by atoms with van der Waals surface area (Å²) in [6.45, 7) is 9.15. The lowest BCUT2D eigenvalue weighted by Crippen LogP contribution is -2.08. The van der Waals surface area contributed by atoms with Gasteiger partial charge in [0.15, 0.2) is 0 Å². The highest BCUT2D eigenvalue weighted by Gasteiger charge is 2.18. The van der Waals surface area contributed by atoms with E-state index in [1.165, 1.54) is 0 Å². The van der Waals surface area contributed by atoms with Crippen molar-refractivity contribution in [1.29, 1.82) is 0 Å². The molecule has 2 aromatic rings. The number of halogens is 1. The van der Waals surface area contributed by atoms with Gasteiger partial charge in [-0.1, -0.05) is 60.7 Å². The Morgan fingerprint density at radius 1 is 1.00 bits per heavy atom. The zero-order valence-electron chi connectivity index (χ0n) is 11.7. The Morgan fingerprint density at radius 2 is 1.58 bits per heavy atom. The van der Waals surface area contributed by atoms with Gasteiger partial charge in [-0.3, -0.25) is 0 Å². The molecule has 0 aliphatic rings. The van der Waals surface area contributed by atoms with E-state index in [4.69, 9.17) is 0 Å². The first-order valence-electron chi connectivity index (χ1n) is 6.44. The van der Waals surface area contributed by atoms with Gasteiger partial charge in [-0.15, -0.1) is 0 Å². The summed E-state index contributed by atoms with van der Waals surface area (Å²) in [6, 6.07) is 15.8. The second kappa shape index (κ2) is 5.00. The molecule has 0 atom stereocenters. The highest BCUT2D eigenvalue weighted by atomic mass is 19.1. The first-order chi connectivity index (χ1) is 8.89. The molecule has 2 rings (SSSR count). The Bertz CT molecular complexity index is 586. The van der Waals surface area contributed by atoms with Crippen LogP contribution in [0.3, 0.4) is 0 Å². The smallest absolute Gasteiger partial charge is 0.130 e. The van der Waals surface area contributed by atoms with Gasteiger partial charge in [0.2, 0.25) is 0 Å². The maximum absolute atomic E-state index is 13.8. The SMILES string of the molecule is C=C(C)c1ccccc1-c1ccc(C(C)(C)F)cc1. The number of rotatable bonds is 3. The van der Waals surface area contributed by atoms with Crippen LogP contribution < -0.4 is 0 Å². The summed E-state index contributed by atoms with van der Waals surface area (Å²) in [5.41, 5.74) is 3.79. The maximum Gasteiger partial charge on any atom is 0.130 e. The summed E-state index contributed by atoms with van der Waals surface area (Å²) in [6.07, 6.45) is 0. The van der Waals surface area contributed by atoms with Gasteiger partial charge in [-0.25, -0.2) is 4.39 Å². The largest absolute Gasteiger partial charge is 0.239 e. The molecular weight excluding hydrogens is 235 g/mol. The Morgan fingerprint density at radius 3 is 2.11 bits per heavy atom. The van der Waals surface area contributed by atoms with Crippen molar-refractivity contribution in [1.82, 2.24) is 0 Å². The van der Waals surface area contributed by atoms with Crippen molar-refractivity contribution in [3.05, 3.63) is 66.2 Å². The van der Waals surface area contributed by atoms with E-state index in [2.05, 4.69) is 18.7 Å². The Kier molecular flexibility index (Phi) is 3.57. The molecule has 98 valence electrons. The van der Waals surface area contributed by atoms with E-state index in [-0.39, 0.29) is 0 Å². The van der Waals surface area contributed by atoms with Crippen LogP contribution in [0.1, 0.15) is 31.9 Å². The van der Waals surface area contributed by atoms with Crippen LogP contribution in [0.5, 0.6) is 0 Å². The maximum atomic E-state index is 13.8. The molecule has 0 radical (unpaired) electrons. The van der Waals surface area contributed by atoms with Crippen LogP contribution in [0.2, 0.25) is 0 Å². The van der Waals surface area contributed by atoms with Gasteiger partial charge in [-0.05, 0) is 43.0 Å². The number of benzene rings is 2. The second-order valence-electron chi connectivity index (χ2n) is 5.38. The summed E-state index contributed by atoms with van der Waals surface area (Å²) < 4.78 is 13.8. The van der Waals surface area contributed by atoms with Crippen LogP contribution >= 0.6 is 0 Å². The number of allylic oxidation sites excluding steroid dienone is 1. The van der Waals surface area contributed by atoms with Crippen LogP contribution in [0, 0.1) is 0 Å². The van der Waals surface area contributed by atoms with E-state index in [1.54, 1.807) is 13.8 Å². The van der Waals surface area contributed by atoms with E-state index >= 15 is 0 Å². The van der Waals surface area contributed by atoms with Gasteiger partial charge >= 0.3 is 0 Å². The molecule has 0 nitrogen and oxygen atoms in total. The van der Waals surface area contributed by atoms with Crippen molar-refractivity contribution < 1.29 is 4.39 Å². The third-order valence-corrected chi connectivity index (χ3v) is 3.27. The van der Waals surface area contributed by atoms with Gasteiger partial charge in [0.1, 0.15) is 5.67 Å². The van der Waals surface area contributed by atoms with Crippen molar-refractivity contribution in [2.24, 2.45) is 0 Å². The average molecular weight is 254 g/mol. The van der Waals surface area contributed by atoms with Crippen molar-refractivity contribution in [3.8, 4) is 11.1 Å². The first-order valence-corrected chi connectivity index (χ1v) is 6.44. The number of hydrogen-bond acceptors (Lipinski definition) is 0. The number of alkyl halides is 1. The molecule has 2 aromatic carbocycles. The van der Waals surface area contributed by atoms with Gasteiger partial charge in [0.05, 0.1) is 0 Å².